The second-order valence-electron chi connectivity index (χ2n) is 3.59. The highest BCUT2D eigenvalue weighted by atomic mass is 16.5. The molecule has 1 heterocycles. The Labute approximate surface area is 94.1 Å². The molecular weight excluding hydrogens is 204 g/mol. The molecule has 0 saturated heterocycles. The monoisotopic (exact) mass is 218 g/mol. The van der Waals surface area contributed by atoms with E-state index in [1.807, 2.05) is 31.3 Å². The summed E-state index contributed by atoms with van der Waals surface area (Å²) in [5.41, 5.74) is 1.50. The standard InChI is InChI=1S/C12H14N2O2/c1-14-8-9(7-13-14)12(15)10-5-3-4-6-11(10)16-2/h3-8,12,15H,1-2H3. The van der Waals surface area contributed by atoms with E-state index < -0.39 is 6.10 Å². The van der Waals surface area contributed by atoms with Crippen molar-refractivity contribution < 1.29 is 9.84 Å². The van der Waals surface area contributed by atoms with E-state index >= 15 is 0 Å². The lowest BCUT2D eigenvalue weighted by Gasteiger charge is -2.12. The second-order valence-corrected chi connectivity index (χ2v) is 3.59. The van der Waals surface area contributed by atoms with Crippen LogP contribution in [-0.2, 0) is 7.05 Å². The van der Waals surface area contributed by atoms with Crippen LogP contribution in [0.5, 0.6) is 5.75 Å². The Kier molecular flexibility index (Phi) is 2.92. The Morgan fingerprint density at radius 3 is 2.75 bits per heavy atom. The molecule has 0 saturated carbocycles. The van der Waals surface area contributed by atoms with Gasteiger partial charge in [0.25, 0.3) is 0 Å². The molecule has 1 aromatic heterocycles. The summed E-state index contributed by atoms with van der Waals surface area (Å²) in [5, 5.41) is 14.2. The topological polar surface area (TPSA) is 47.3 Å². The summed E-state index contributed by atoms with van der Waals surface area (Å²) in [5.74, 6) is 0.679. The summed E-state index contributed by atoms with van der Waals surface area (Å²) in [6, 6.07) is 7.42. The fourth-order valence-corrected chi connectivity index (χ4v) is 1.65. The van der Waals surface area contributed by atoms with Gasteiger partial charge in [-0.05, 0) is 6.07 Å². The number of ether oxygens (including phenoxy) is 1. The first-order valence-corrected chi connectivity index (χ1v) is 5.02. The lowest BCUT2D eigenvalue weighted by atomic mass is 10.0. The molecule has 0 fully saturated rings. The van der Waals surface area contributed by atoms with Gasteiger partial charge < -0.3 is 9.84 Å². The van der Waals surface area contributed by atoms with Crippen LogP contribution >= 0.6 is 0 Å². The second kappa shape index (κ2) is 4.37. The molecule has 2 aromatic rings. The van der Waals surface area contributed by atoms with E-state index in [2.05, 4.69) is 5.10 Å². The molecule has 0 spiro atoms. The van der Waals surface area contributed by atoms with Gasteiger partial charge >= 0.3 is 0 Å². The van der Waals surface area contributed by atoms with Crippen LogP contribution in [0.3, 0.4) is 0 Å². The first-order valence-electron chi connectivity index (χ1n) is 5.02. The number of aliphatic hydroxyl groups excluding tert-OH is 1. The van der Waals surface area contributed by atoms with E-state index in [0.29, 0.717) is 5.75 Å². The molecule has 0 aliphatic heterocycles. The highest BCUT2D eigenvalue weighted by molar-refractivity contribution is 5.39. The Morgan fingerprint density at radius 2 is 2.12 bits per heavy atom. The molecule has 0 radical (unpaired) electrons. The van der Waals surface area contributed by atoms with Gasteiger partial charge in [0.05, 0.1) is 13.3 Å². The van der Waals surface area contributed by atoms with Crippen LogP contribution < -0.4 is 4.74 Å². The molecule has 1 unspecified atom stereocenters. The Bertz CT molecular complexity index is 479. The third-order valence-electron chi connectivity index (χ3n) is 2.47. The van der Waals surface area contributed by atoms with Gasteiger partial charge in [-0.15, -0.1) is 0 Å². The average Bonchev–Trinajstić information content (AvgIpc) is 2.75. The van der Waals surface area contributed by atoms with Gasteiger partial charge in [-0.1, -0.05) is 18.2 Å². The molecule has 4 heteroatoms. The molecule has 0 aliphatic carbocycles. The largest absolute Gasteiger partial charge is 0.496 e. The van der Waals surface area contributed by atoms with Crippen molar-refractivity contribution >= 4 is 0 Å². The maximum Gasteiger partial charge on any atom is 0.125 e. The van der Waals surface area contributed by atoms with E-state index in [-0.39, 0.29) is 0 Å². The van der Waals surface area contributed by atoms with Gasteiger partial charge in [-0.3, -0.25) is 4.68 Å². The van der Waals surface area contributed by atoms with Crippen LogP contribution in [0.25, 0.3) is 0 Å². The Morgan fingerprint density at radius 1 is 1.38 bits per heavy atom. The maximum absolute atomic E-state index is 10.2. The number of methoxy groups -OCH3 is 1. The quantitative estimate of drug-likeness (QED) is 0.849. The zero-order valence-corrected chi connectivity index (χ0v) is 9.29. The van der Waals surface area contributed by atoms with Crippen LogP contribution in [0, 0.1) is 0 Å². The smallest absolute Gasteiger partial charge is 0.125 e. The maximum atomic E-state index is 10.2. The number of benzene rings is 1. The van der Waals surface area contributed by atoms with Crippen molar-refractivity contribution in [2.75, 3.05) is 7.11 Å². The molecule has 1 aromatic carbocycles. The van der Waals surface area contributed by atoms with Gasteiger partial charge in [-0.25, -0.2) is 0 Å². The molecule has 84 valence electrons. The molecule has 1 N–H and O–H groups in total. The normalized spacial score (nSPS) is 12.4. The zero-order valence-electron chi connectivity index (χ0n) is 9.29. The summed E-state index contributed by atoms with van der Waals surface area (Å²) < 4.78 is 6.87. The summed E-state index contributed by atoms with van der Waals surface area (Å²) in [6.07, 6.45) is 2.73. The van der Waals surface area contributed by atoms with Gasteiger partial charge in [0, 0.05) is 24.4 Å². The summed E-state index contributed by atoms with van der Waals surface area (Å²) in [6.45, 7) is 0. The fourth-order valence-electron chi connectivity index (χ4n) is 1.65. The first-order chi connectivity index (χ1) is 7.72. The number of hydrogen-bond donors (Lipinski definition) is 1. The molecule has 0 aliphatic rings. The summed E-state index contributed by atoms with van der Waals surface area (Å²) in [7, 11) is 3.41. The number of para-hydroxylation sites is 1. The molecule has 2 rings (SSSR count). The molecule has 1 atom stereocenters. The lowest BCUT2D eigenvalue weighted by Crippen LogP contribution is -2.01. The number of rotatable bonds is 3. The van der Waals surface area contributed by atoms with Crippen LogP contribution in [0.15, 0.2) is 36.7 Å². The molecule has 4 nitrogen and oxygen atoms in total. The van der Waals surface area contributed by atoms with Crippen molar-refractivity contribution in [1.29, 1.82) is 0 Å². The minimum atomic E-state index is -0.704. The van der Waals surface area contributed by atoms with Crippen molar-refractivity contribution in [3.63, 3.8) is 0 Å². The van der Waals surface area contributed by atoms with Crippen molar-refractivity contribution in [2.45, 2.75) is 6.10 Å². The first kappa shape index (κ1) is 10.7. The van der Waals surface area contributed by atoms with Crippen molar-refractivity contribution in [1.82, 2.24) is 9.78 Å². The zero-order chi connectivity index (χ0) is 11.5. The third-order valence-corrected chi connectivity index (χ3v) is 2.47. The average molecular weight is 218 g/mol. The van der Waals surface area contributed by atoms with Gasteiger partial charge in [0.1, 0.15) is 11.9 Å². The van der Waals surface area contributed by atoms with E-state index in [0.717, 1.165) is 11.1 Å². The molecule has 16 heavy (non-hydrogen) atoms. The molecule has 0 bridgehead atoms. The SMILES string of the molecule is COc1ccccc1C(O)c1cnn(C)c1. The summed E-state index contributed by atoms with van der Waals surface area (Å²) in [4.78, 5) is 0. The van der Waals surface area contributed by atoms with Crippen LogP contribution in [0.4, 0.5) is 0 Å². The predicted octanol–water partition coefficient (Wildman–Crippen LogP) is 1.51. The molecular formula is C12H14N2O2. The summed E-state index contributed by atoms with van der Waals surface area (Å²) >= 11 is 0. The minimum absolute atomic E-state index is 0.679. The minimum Gasteiger partial charge on any atom is -0.496 e. The number of aliphatic hydroxyl groups is 1. The lowest BCUT2D eigenvalue weighted by molar-refractivity contribution is 0.214. The van der Waals surface area contributed by atoms with E-state index in [1.54, 1.807) is 24.2 Å². The van der Waals surface area contributed by atoms with E-state index in [1.165, 1.54) is 0 Å². The van der Waals surface area contributed by atoms with Gasteiger partial charge in [0.2, 0.25) is 0 Å². The predicted molar refractivity (Wildman–Crippen MR) is 60.3 cm³/mol. The number of aryl methyl sites for hydroxylation is 1. The van der Waals surface area contributed by atoms with E-state index in [9.17, 15) is 5.11 Å². The highest BCUT2D eigenvalue weighted by Gasteiger charge is 2.15. The van der Waals surface area contributed by atoms with Gasteiger partial charge in [0.15, 0.2) is 0 Å². The molecule has 0 amide bonds. The third kappa shape index (κ3) is 1.92. The van der Waals surface area contributed by atoms with Crippen molar-refractivity contribution in [2.24, 2.45) is 7.05 Å². The number of hydrogen-bond acceptors (Lipinski definition) is 3. The van der Waals surface area contributed by atoms with Crippen molar-refractivity contribution in [3.8, 4) is 5.75 Å². The van der Waals surface area contributed by atoms with Crippen LogP contribution in [-0.4, -0.2) is 22.0 Å². The number of aromatic nitrogens is 2. The van der Waals surface area contributed by atoms with Crippen LogP contribution in [0.2, 0.25) is 0 Å². The van der Waals surface area contributed by atoms with E-state index in [4.69, 9.17) is 4.74 Å². The van der Waals surface area contributed by atoms with Crippen LogP contribution in [0.1, 0.15) is 17.2 Å². The Hall–Kier alpha value is -1.81. The van der Waals surface area contributed by atoms with Crippen molar-refractivity contribution in [3.05, 3.63) is 47.8 Å². The highest BCUT2D eigenvalue weighted by Crippen LogP contribution is 2.29. The fraction of sp³-hybridized carbons (Fsp3) is 0.250. The Balaban J connectivity index is 2.36. The number of nitrogens with zero attached hydrogens (tertiary/aromatic N) is 2. The van der Waals surface area contributed by atoms with Gasteiger partial charge in [-0.2, -0.15) is 5.10 Å².